The average molecular weight is 324 g/mol. The van der Waals surface area contributed by atoms with Crippen LogP contribution in [0.3, 0.4) is 0 Å². The van der Waals surface area contributed by atoms with Gasteiger partial charge in [0.2, 0.25) is 0 Å². The predicted molar refractivity (Wildman–Crippen MR) is 97.2 cm³/mol. The normalized spacial score (nSPS) is 10.4. The third-order valence-corrected chi connectivity index (χ3v) is 3.69. The Morgan fingerprint density at radius 2 is 1.96 bits per heavy atom. The molecule has 0 bridgehead atoms. The van der Waals surface area contributed by atoms with E-state index in [-0.39, 0.29) is 12.2 Å². The first kappa shape index (κ1) is 17.8. The molecule has 0 fully saturated rings. The van der Waals surface area contributed by atoms with Crippen molar-refractivity contribution < 1.29 is 4.74 Å². The van der Waals surface area contributed by atoms with Crippen molar-refractivity contribution in [3.05, 3.63) is 45.9 Å². The smallest absolute Gasteiger partial charge is 0.278 e. The molecular formula is C20H24N2O2. The summed E-state index contributed by atoms with van der Waals surface area (Å²) in [6, 6.07) is 7.83. The summed E-state index contributed by atoms with van der Waals surface area (Å²) >= 11 is 0. The van der Waals surface area contributed by atoms with Gasteiger partial charge in [-0.2, -0.15) is 5.10 Å². The number of nitrogens with zero attached hydrogens (tertiary/aromatic N) is 2. The van der Waals surface area contributed by atoms with E-state index in [1.807, 2.05) is 38.1 Å². The molecule has 24 heavy (non-hydrogen) atoms. The topological polar surface area (TPSA) is 44.1 Å². The van der Waals surface area contributed by atoms with Crippen LogP contribution in [0.15, 0.2) is 29.1 Å². The van der Waals surface area contributed by atoms with Crippen LogP contribution in [0.2, 0.25) is 0 Å². The van der Waals surface area contributed by atoms with Gasteiger partial charge in [0.15, 0.2) is 5.75 Å². The van der Waals surface area contributed by atoms with Crippen molar-refractivity contribution in [2.24, 2.45) is 5.92 Å². The second kappa shape index (κ2) is 7.83. The minimum atomic E-state index is -0.122. The van der Waals surface area contributed by atoms with E-state index < -0.39 is 0 Å². The highest BCUT2D eigenvalue weighted by Gasteiger charge is 2.19. The third-order valence-electron chi connectivity index (χ3n) is 3.69. The molecule has 0 unspecified atom stereocenters. The zero-order chi connectivity index (χ0) is 17.7. The summed E-state index contributed by atoms with van der Waals surface area (Å²) in [5.74, 6) is 6.53. The largest absolute Gasteiger partial charge is 0.478 e. The van der Waals surface area contributed by atoms with Gasteiger partial charge in [-0.3, -0.25) is 4.79 Å². The van der Waals surface area contributed by atoms with E-state index in [2.05, 4.69) is 30.8 Å². The summed E-state index contributed by atoms with van der Waals surface area (Å²) < 4.78 is 7.35. The first-order chi connectivity index (χ1) is 11.5. The van der Waals surface area contributed by atoms with Gasteiger partial charge in [0.25, 0.3) is 5.56 Å². The van der Waals surface area contributed by atoms with Crippen LogP contribution in [-0.2, 0) is 6.54 Å². The SMILES string of the molecule is CC#CCOc1c(C)nn(CC(C)C)c(=O)c1-c1ccccc1C. The van der Waals surface area contributed by atoms with Gasteiger partial charge in [-0.05, 0) is 37.8 Å². The van der Waals surface area contributed by atoms with E-state index >= 15 is 0 Å². The second-order valence-electron chi connectivity index (χ2n) is 6.20. The number of rotatable bonds is 5. The van der Waals surface area contributed by atoms with Gasteiger partial charge in [-0.15, -0.1) is 5.92 Å². The standard InChI is InChI=1S/C20H24N2O2/c1-6-7-12-24-19-16(5)21-22(13-14(2)3)20(23)18(19)17-11-9-8-10-15(17)4/h8-11,14H,12-13H2,1-5H3. The first-order valence-electron chi connectivity index (χ1n) is 8.15. The lowest BCUT2D eigenvalue weighted by atomic mass is 10.0. The number of aryl methyl sites for hydroxylation is 2. The number of ether oxygens (including phenoxy) is 1. The molecule has 0 aliphatic heterocycles. The van der Waals surface area contributed by atoms with Crippen molar-refractivity contribution in [2.45, 2.75) is 41.2 Å². The van der Waals surface area contributed by atoms with Crippen LogP contribution in [0.1, 0.15) is 32.0 Å². The molecule has 0 radical (unpaired) electrons. The van der Waals surface area contributed by atoms with Gasteiger partial charge >= 0.3 is 0 Å². The van der Waals surface area contributed by atoms with Crippen molar-refractivity contribution >= 4 is 0 Å². The van der Waals surface area contributed by atoms with E-state index in [1.54, 1.807) is 11.6 Å². The van der Waals surface area contributed by atoms with Crippen LogP contribution in [0.4, 0.5) is 0 Å². The van der Waals surface area contributed by atoms with Crippen LogP contribution in [0.5, 0.6) is 5.75 Å². The molecule has 126 valence electrons. The molecule has 1 aromatic carbocycles. The Morgan fingerprint density at radius 3 is 2.58 bits per heavy atom. The van der Waals surface area contributed by atoms with Crippen molar-refractivity contribution in [3.8, 4) is 28.7 Å². The van der Waals surface area contributed by atoms with Gasteiger partial charge in [0.1, 0.15) is 12.3 Å². The minimum absolute atomic E-state index is 0.122. The molecule has 0 N–H and O–H groups in total. The monoisotopic (exact) mass is 324 g/mol. The molecule has 0 spiro atoms. The Bertz CT molecular complexity index is 839. The minimum Gasteiger partial charge on any atom is -0.478 e. The number of aromatic nitrogens is 2. The fourth-order valence-corrected chi connectivity index (χ4v) is 2.60. The van der Waals surface area contributed by atoms with E-state index in [1.165, 1.54) is 0 Å². The third kappa shape index (κ3) is 3.86. The number of benzene rings is 1. The van der Waals surface area contributed by atoms with Crippen molar-refractivity contribution in [1.82, 2.24) is 9.78 Å². The van der Waals surface area contributed by atoms with Gasteiger partial charge in [0.05, 0.1) is 5.56 Å². The van der Waals surface area contributed by atoms with Gasteiger partial charge < -0.3 is 4.74 Å². The Hall–Kier alpha value is -2.54. The van der Waals surface area contributed by atoms with E-state index in [4.69, 9.17) is 4.74 Å². The maximum Gasteiger partial charge on any atom is 0.278 e. The van der Waals surface area contributed by atoms with Crippen molar-refractivity contribution in [3.63, 3.8) is 0 Å². The van der Waals surface area contributed by atoms with Gasteiger partial charge in [-0.25, -0.2) is 4.68 Å². The molecule has 0 saturated heterocycles. The second-order valence-corrected chi connectivity index (χ2v) is 6.20. The van der Waals surface area contributed by atoms with E-state index in [9.17, 15) is 4.79 Å². The number of hydrogen-bond donors (Lipinski definition) is 0. The lowest BCUT2D eigenvalue weighted by Gasteiger charge is -2.17. The fraction of sp³-hybridized carbons (Fsp3) is 0.400. The zero-order valence-electron chi connectivity index (χ0n) is 15.0. The highest BCUT2D eigenvalue weighted by atomic mass is 16.5. The maximum atomic E-state index is 13.0. The van der Waals surface area contributed by atoms with Gasteiger partial charge in [-0.1, -0.05) is 44.0 Å². The highest BCUT2D eigenvalue weighted by molar-refractivity contribution is 5.73. The summed E-state index contributed by atoms with van der Waals surface area (Å²) in [4.78, 5) is 13.0. The van der Waals surface area contributed by atoms with E-state index in [0.717, 1.165) is 11.1 Å². The molecule has 2 aromatic rings. The Morgan fingerprint density at radius 1 is 1.25 bits per heavy atom. The van der Waals surface area contributed by atoms with Crippen LogP contribution >= 0.6 is 0 Å². The predicted octanol–water partition coefficient (Wildman–Crippen LogP) is 3.59. The molecule has 0 aliphatic rings. The molecular weight excluding hydrogens is 300 g/mol. The highest BCUT2D eigenvalue weighted by Crippen LogP contribution is 2.31. The summed E-state index contributed by atoms with van der Waals surface area (Å²) in [6.07, 6.45) is 0. The zero-order valence-corrected chi connectivity index (χ0v) is 15.0. The van der Waals surface area contributed by atoms with Crippen LogP contribution < -0.4 is 10.3 Å². The van der Waals surface area contributed by atoms with Gasteiger partial charge in [0, 0.05) is 6.54 Å². The Labute approximate surface area is 143 Å². The van der Waals surface area contributed by atoms with Crippen LogP contribution in [0, 0.1) is 31.6 Å². The summed E-state index contributed by atoms with van der Waals surface area (Å²) in [5.41, 5.74) is 3.06. The lowest BCUT2D eigenvalue weighted by Crippen LogP contribution is -2.28. The molecule has 1 heterocycles. The molecule has 0 saturated carbocycles. The summed E-state index contributed by atoms with van der Waals surface area (Å²) in [6.45, 7) is 10.6. The molecule has 0 atom stereocenters. The average Bonchev–Trinajstić information content (AvgIpc) is 2.53. The molecule has 1 aromatic heterocycles. The van der Waals surface area contributed by atoms with Crippen LogP contribution in [0.25, 0.3) is 11.1 Å². The Balaban J connectivity index is 2.70. The lowest BCUT2D eigenvalue weighted by molar-refractivity contribution is 0.359. The molecule has 0 amide bonds. The van der Waals surface area contributed by atoms with E-state index in [0.29, 0.717) is 29.5 Å². The maximum absolute atomic E-state index is 13.0. The number of hydrogen-bond acceptors (Lipinski definition) is 3. The summed E-state index contributed by atoms with van der Waals surface area (Å²) in [7, 11) is 0. The first-order valence-corrected chi connectivity index (χ1v) is 8.15. The van der Waals surface area contributed by atoms with Crippen molar-refractivity contribution in [2.75, 3.05) is 6.61 Å². The Kier molecular flexibility index (Phi) is 5.81. The van der Waals surface area contributed by atoms with Crippen LogP contribution in [-0.4, -0.2) is 16.4 Å². The molecule has 2 rings (SSSR count). The van der Waals surface area contributed by atoms with Crippen molar-refractivity contribution in [1.29, 1.82) is 0 Å². The fourth-order valence-electron chi connectivity index (χ4n) is 2.60. The molecule has 4 heteroatoms. The summed E-state index contributed by atoms with van der Waals surface area (Å²) in [5, 5.41) is 4.44. The quantitative estimate of drug-likeness (QED) is 0.790. The molecule has 0 aliphatic carbocycles. The molecule has 4 nitrogen and oxygen atoms in total.